The number of H-pyrrole nitrogens is 1. The average molecular weight is 309 g/mol. The van der Waals surface area contributed by atoms with Gasteiger partial charge in [-0.25, -0.2) is 9.78 Å². The van der Waals surface area contributed by atoms with E-state index in [-0.39, 0.29) is 24.4 Å². The summed E-state index contributed by atoms with van der Waals surface area (Å²) in [6, 6.07) is 0.246. The molecule has 0 aromatic carbocycles. The Bertz CT molecular complexity index is 507. The lowest BCUT2D eigenvalue weighted by Crippen LogP contribution is -2.51. The molecular formula is C15H23N3O4. The molecule has 2 fully saturated rings. The third-order valence-electron chi connectivity index (χ3n) is 5.00. The first kappa shape index (κ1) is 15.5. The number of aromatic nitrogens is 2. The maximum Gasteiger partial charge on any atom is 0.329 e. The molecule has 2 N–H and O–H groups in total. The highest BCUT2D eigenvalue weighted by Gasteiger charge is 2.51. The van der Waals surface area contributed by atoms with Gasteiger partial charge < -0.3 is 19.6 Å². The Balaban J connectivity index is 1.68. The number of carboxylic acid groups (broad SMARTS) is 1. The summed E-state index contributed by atoms with van der Waals surface area (Å²) in [5.74, 6) is 0.0305. The molecule has 3 atom stereocenters. The van der Waals surface area contributed by atoms with Crippen LogP contribution < -0.4 is 0 Å². The third-order valence-corrected chi connectivity index (χ3v) is 5.00. The van der Waals surface area contributed by atoms with Crippen LogP contribution in [0.4, 0.5) is 0 Å². The van der Waals surface area contributed by atoms with E-state index in [4.69, 9.17) is 14.6 Å². The Labute approximate surface area is 129 Å². The Kier molecular flexibility index (Phi) is 4.46. The van der Waals surface area contributed by atoms with Gasteiger partial charge in [0.05, 0.1) is 18.2 Å². The van der Waals surface area contributed by atoms with Gasteiger partial charge >= 0.3 is 5.97 Å². The summed E-state index contributed by atoms with van der Waals surface area (Å²) in [5.41, 5.74) is -0.129. The number of imidazole rings is 1. The van der Waals surface area contributed by atoms with E-state index in [1.54, 1.807) is 13.3 Å². The van der Waals surface area contributed by atoms with Crippen molar-refractivity contribution < 1.29 is 19.4 Å². The highest BCUT2D eigenvalue weighted by atomic mass is 16.5. The molecular weight excluding hydrogens is 286 g/mol. The van der Waals surface area contributed by atoms with Gasteiger partial charge in [-0.3, -0.25) is 4.90 Å². The van der Waals surface area contributed by atoms with Crippen molar-refractivity contribution in [1.82, 2.24) is 14.9 Å². The molecule has 7 nitrogen and oxygen atoms in total. The first-order valence-electron chi connectivity index (χ1n) is 7.74. The molecule has 1 saturated heterocycles. The van der Waals surface area contributed by atoms with Crippen molar-refractivity contribution in [3.05, 3.63) is 18.2 Å². The second kappa shape index (κ2) is 6.36. The fraction of sp³-hybridized carbons (Fsp3) is 0.733. The maximum absolute atomic E-state index is 10.7. The Morgan fingerprint density at radius 2 is 2.45 bits per heavy atom. The van der Waals surface area contributed by atoms with Gasteiger partial charge in [0.1, 0.15) is 12.4 Å². The molecule has 0 spiro atoms. The number of methoxy groups -OCH3 is 1. The molecule has 22 heavy (non-hydrogen) atoms. The van der Waals surface area contributed by atoms with Crippen LogP contribution in [0.15, 0.2) is 12.4 Å². The van der Waals surface area contributed by atoms with Gasteiger partial charge in [0, 0.05) is 32.1 Å². The zero-order valence-corrected chi connectivity index (χ0v) is 12.8. The van der Waals surface area contributed by atoms with Crippen LogP contribution in [0.2, 0.25) is 0 Å². The molecule has 1 aromatic rings. The number of aliphatic carboxylic acids is 1. The normalized spacial score (nSPS) is 32.0. The van der Waals surface area contributed by atoms with Gasteiger partial charge in [-0.1, -0.05) is 0 Å². The lowest BCUT2D eigenvalue weighted by molar-refractivity contribution is -0.148. The number of ether oxygens (including phenoxy) is 2. The van der Waals surface area contributed by atoms with Crippen molar-refractivity contribution in [2.24, 2.45) is 0 Å². The first-order chi connectivity index (χ1) is 10.6. The molecule has 7 heteroatoms. The van der Waals surface area contributed by atoms with Crippen LogP contribution in [0.3, 0.4) is 0 Å². The minimum atomic E-state index is -0.914. The number of carbonyl (C=O) groups is 1. The van der Waals surface area contributed by atoms with Crippen LogP contribution in [-0.4, -0.2) is 64.0 Å². The van der Waals surface area contributed by atoms with Gasteiger partial charge in [0.2, 0.25) is 0 Å². The van der Waals surface area contributed by atoms with Crippen LogP contribution >= 0.6 is 0 Å². The molecule has 1 aromatic heterocycles. The van der Waals surface area contributed by atoms with Gasteiger partial charge in [-0.05, 0) is 25.7 Å². The molecule has 0 radical (unpaired) electrons. The molecule has 3 rings (SSSR count). The minimum absolute atomic E-state index is 0.0124. The number of rotatable bonds is 6. The summed E-state index contributed by atoms with van der Waals surface area (Å²) in [5, 5.41) is 8.78. The molecule has 1 aliphatic heterocycles. The number of nitrogens with one attached hydrogen (secondary N) is 1. The topological polar surface area (TPSA) is 87.7 Å². The van der Waals surface area contributed by atoms with Crippen LogP contribution in [-0.2, 0) is 20.8 Å². The number of aromatic amines is 1. The van der Waals surface area contributed by atoms with Gasteiger partial charge in [0.15, 0.2) is 0 Å². The molecule has 0 bridgehead atoms. The molecule has 2 unspecified atom stereocenters. The van der Waals surface area contributed by atoms with Crippen molar-refractivity contribution in [2.45, 2.75) is 50.0 Å². The number of nitrogens with zero attached hydrogens (tertiary/aromatic N) is 2. The maximum atomic E-state index is 10.7. The summed E-state index contributed by atoms with van der Waals surface area (Å²) in [6.07, 6.45) is 7.15. The second-order valence-corrected chi connectivity index (χ2v) is 6.14. The van der Waals surface area contributed by atoms with E-state index in [1.807, 2.05) is 6.20 Å². The number of carboxylic acids is 1. The second-order valence-electron chi connectivity index (χ2n) is 6.14. The van der Waals surface area contributed by atoms with Gasteiger partial charge in [-0.2, -0.15) is 0 Å². The van der Waals surface area contributed by atoms with Crippen molar-refractivity contribution >= 4 is 5.97 Å². The van der Waals surface area contributed by atoms with E-state index in [1.165, 1.54) is 0 Å². The third kappa shape index (κ3) is 3.02. The summed E-state index contributed by atoms with van der Waals surface area (Å²) in [4.78, 5) is 20.5. The quantitative estimate of drug-likeness (QED) is 0.816. The highest BCUT2D eigenvalue weighted by Crippen LogP contribution is 2.43. The average Bonchev–Trinajstić information content (AvgIpc) is 3.14. The van der Waals surface area contributed by atoms with Crippen LogP contribution in [0.5, 0.6) is 0 Å². The Morgan fingerprint density at radius 1 is 1.59 bits per heavy atom. The highest BCUT2D eigenvalue weighted by molar-refractivity contribution is 5.68. The summed E-state index contributed by atoms with van der Waals surface area (Å²) in [7, 11) is 1.78. The van der Waals surface area contributed by atoms with E-state index >= 15 is 0 Å². The van der Waals surface area contributed by atoms with Crippen molar-refractivity contribution in [3.8, 4) is 0 Å². The van der Waals surface area contributed by atoms with Gasteiger partial charge in [0.25, 0.3) is 0 Å². The van der Waals surface area contributed by atoms with Crippen molar-refractivity contribution in [2.75, 3.05) is 20.3 Å². The summed E-state index contributed by atoms with van der Waals surface area (Å²) in [6.45, 7) is 1.49. The standard InChI is InChI=1S/C15H23N3O4/c1-21-15-3-2-11(22-10-14(19)20)8-12(15)18(7-4-15)9-13-16-5-6-17-13/h5-6,11-12H,2-4,7-10H2,1H3,(H,16,17)(H,19,20)/t11?,12?,15-/m1/s1. The van der Waals surface area contributed by atoms with Crippen molar-refractivity contribution in [3.63, 3.8) is 0 Å². The number of hydrogen-bond donors (Lipinski definition) is 2. The monoisotopic (exact) mass is 309 g/mol. The summed E-state index contributed by atoms with van der Waals surface area (Å²) >= 11 is 0. The van der Waals surface area contributed by atoms with E-state index in [2.05, 4.69) is 14.9 Å². The smallest absolute Gasteiger partial charge is 0.329 e. The molecule has 1 saturated carbocycles. The zero-order valence-electron chi connectivity index (χ0n) is 12.8. The van der Waals surface area contributed by atoms with Gasteiger partial charge in [-0.15, -0.1) is 0 Å². The predicted octanol–water partition coefficient (Wildman–Crippen LogP) is 1.02. The molecule has 2 aliphatic rings. The van der Waals surface area contributed by atoms with E-state index in [0.29, 0.717) is 0 Å². The van der Waals surface area contributed by atoms with Crippen LogP contribution in [0, 0.1) is 0 Å². The zero-order chi connectivity index (χ0) is 15.6. The molecule has 1 aliphatic carbocycles. The largest absolute Gasteiger partial charge is 0.480 e. The Morgan fingerprint density at radius 3 is 3.14 bits per heavy atom. The lowest BCUT2D eigenvalue weighted by atomic mass is 9.79. The molecule has 2 heterocycles. The number of likely N-dealkylation sites (tertiary alicyclic amines) is 1. The predicted molar refractivity (Wildman–Crippen MR) is 78.4 cm³/mol. The SMILES string of the molecule is CO[C@@]12CCC(OCC(=O)O)CC1N(Cc1ncc[nH]1)CC2. The fourth-order valence-electron chi connectivity index (χ4n) is 3.86. The lowest BCUT2D eigenvalue weighted by Gasteiger charge is -2.43. The fourth-order valence-corrected chi connectivity index (χ4v) is 3.86. The van der Waals surface area contributed by atoms with E-state index in [9.17, 15) is 4.79 Å². The van der Waals surface area contributed by atoms with Crippen LogP contribution in [0.1, 0.15) is 31.5 Å². The molecule has 0 amide bonds. The number of fused-ring (bicyclic) bond motifs is 1. The summed E-state index contributed by atoms with van der Waals surface area (Å²) < 4.78 is 11.4. The van der Waals surface area contributed by atoms with Crippen LogP contribution in [0.25, 0.3) is 0 Å². The van der Waals surface area contributed by atoms with E-state index < -0.39 is 5.97 Å². The molecule has 122 valence electrons. The number of hydrogen-bond acceptors (Lipinski definition) is 5. The van der Waals surface area contributed by atoms with Crippen molar-refractivity contribution in [1.29, 1.82) is 0 Å². The van der Waals surface area contributed by atoms with E-state index in [0.717, 1.165) is 44.6 Å². The Hall–Kier alpha value is -1.44. The first-order valence-corrected chi connectivity index (χ1v) is 7.74. The minimum Gasteiger partial charge on any atom is -0.480 e.